The number of hydrogen-bond donors (Lipinski definition) is 0. The fraction of sp³-hybridized carbons (Fsp3) is 0.300. The second kappa shape index (κ2) is 7.68. The molecule has 9 heteroatoms. The second-order valence-corrected chi connectivity index (χ2v) is 10.5. The Morgan fingerprint density at radius 2 is 2.00 bits per heavy atom. The zero-order chi connectivity index (χ0) is 20.8. The maximum atomic E-state index is 13.1. The number of hydrogen-bond acceptors (Lipinski definition) is 5. The molecule has 1 fully saturated rings. The number of pyridine rings is 1. The molecular weight excluding hydrogens is 430 g/mol. The van der Waals surface area contributed by atoms with Crippen LogP contribution in [-0.4, -0.2) is 55.7 Å². The van der Waals surface area contributed by atoms with E-state index in [2.05, 4.69) is 4.98 Å². The van der Waals surface area contributed by atoms with Crippen molar-refractivity contribution in [2.75, 3.05) is 27.2 Å². The van der Waals surface area contributed by atoms with Gasteiger partial charge in [0, 0.05) is 44.7 Å². The number of aromatic nitrogens is 1. The van der Waals surface area contributed by atoms with Crippen LogP contribution in [0.1, 0.15) is 27.6 Å². The van der Waals surface area contributed by atoms with E-state index in [1.165, 1.54) is 21.7 Å². The molecule has 0 spiro atoms. The van der Waals surface area contributed by atoms with Crippen molar-refractivity contribution in [3.05, 3.63) is 58.1 Å². The predicted octanol–water partition coefficient (Wildman–Crippen LogP) is 3.83. The van der Waals surface area contributed by atoms with Crippen LogP contribution in [0.5, 0.6) is 0 Å². The highest BCUT2D eigenvalue weighted by Gasteiger charge is 2.37. The van der Waals surface area contributed by atoms with Crippen molar-refractivity contribution in [2.45, 2.75) is 17.2 Å². The molecule has 29 heavy (non-hydrogen) atoms. The average molecular weight is 450 g/mol. The lowest BCUT2D eigenvalue weighted by Gasteiger charge is -2.18. The Kier molecular flexibility index (Phi) is 5.37. The fourth-order valence-electron chi connectivity index (χ4n) is 3.69. The molecule has 3 heterocycles. The summed E-state index contributed by atoms with van der Waals surface area (Å²) < 4.78 is 27.7. The zero-order valence-electron chi connectivity index (χ0n) is 16.0. The molecule has 1 aliphatic heterocycles. The summed E-state index contributed by atoms with van der Waals surface area (Å²) in [5.41, 5.74) is 0.897. The maximum absolute atomic E-state index is 13.1. The van der Waals surface area contributed by atoms with Gasteiger partial charge in [0.25, 0.3) is 5.91 Å². The highest BCUT2D eigenvalue weighted by atomic mass is 35.5. The summed E-state index contributed by atoms with van der Waals surface area (Å²) in [7, 11) is -0.272. The van der Waals surface area contributed by atoms with E-state index < -0.39 is 10.0 Å². The van der Waals surface area contributed by atoms with E-state index in [1.54, 1.807) is 43.4 Å². The molecule has 1 aromatic carbocycles. The third-order valence-electron chi connectivity index (χ3n) is 5.12. The molecule has 1 atom stereocenters. The van der Waals surface area contributed by atoms with Crippen LogP contribution >= 0.6 is 22.9 Å². The first-order valence-electron chi connectivity index (χ1n) is 9.14. The summed E-state index contributed by atoms with van der Waals surface area (Å²) >= 11 is 7.50. The first kappa shape index (κ1) is 20.3. The number of carbonyl (C=O) groups is 1. The van der Waals surface area contributed by atoms with Gasteiger partial charge in [0.2, 0.25) is 10.0 Å². The molecule has 0 aliphatic carbocycles. The number of benzene rings is 1. The third kappa shape index (κ3) is 3.54. The minimum atomic E-state index is -3.70. The Labute approximate surface area is 178 Å². The lowest BCUT2D eigenvalue weighted by Crippen LogP contribution is -2.29. The van der Waals surface area contributed by atoms with Gasteiger partial charge in [-0.05, 0) is 30.2 Å². The van der Waals surface area contributed by atoms with Gasteiger partial charge in [-0.25, -0.2) is 13.4 Å². The summed E-state index contributed by atoms with van der Waals surface area (Å²) in [6.07, 6.45) is 2.34. The van der Waals surface area contributed by atoms with E-state index >= 15 is 0 Å². The minimum absolute atomic E-state index is 0.0795. The van der Waals surface area contributed by atoms with Gasteiger partial charge >= 0.3 is 0 Å². The molecule has 3 aromatic rings. The Morgan fingerprint density at radius 3 is 2.72 bits per heavy atom. The number of carbonyl (C=O) groups excluding carboxylic acids is 1. The van der Waals surface area contributed by atoms with Crippen molar-refractivity contribution < 1.29 is 13.2 Å². The molecule has 152 valence electrons. The number of amides is 1. The van der Waals surface area contributed by atoms with Crippen molar-refractivity contribution in [3.8, 4) is 0 Å². The van der Waals surface area contributed by atoms with E-state index in [9.17, 15) is 13.2 Å². The van der Waals surface area contributed by atoms with Crippen LogP contribution in [0, 0.1) is 0 Å². The van der Waals surface area contributed by atoms with Crippen LogP contribution in [0.4, 0.5) is 0 Å². The molecule has 4 rings (SSSR count). The monoisotopic (exact) mass is 449 g/mol. The molecule has 0 bridgehead atoms. The van der Waals surface area contributed by atoms with Crippen LogP contribution in [0.15, 0.2) is 47.5 Å². The maximum Gasteiger partial charge on any atom is 0.263 e. The summed E-state index contributed by atoms with van der Waals surface area (Å²) in [6, 6.07) is 10.3. The van der Waals surface area contributed by atoms with Crippen LogP contribution in [0.2, 0.25) is 5.02 Å². The molecule has 2 aromatic heterocycles. The summed E-state index contributed by atoms with van der Waals surface area (Å²) in [4.78, 5) is 20.3. The quantitative estimate of drug-likeness (QED) is 0.607. The van der Waals surface area contributed by atoms with Crippen molar-refractivity contribution >= 4 is 49.1 Å². The molecule has 0 N–H and O–H groups in total. The largest absolute Gasteiger partial charge is 0.344 e. The standard InChI is InChI=1S/C20H20ClN3O3S2/c1-23(2)20(25)18-17(14-6-5-10-22-19(14)28-18)13-9-11-24(12-13)29(26,27)16-8-4-3-7-15(16)21/h3-8,10,13H,9,11-12H2,1-2H3. The highest BCUT2D eigenvalue weighted by Crippen LogP contribution is 2.41. The Hall–Kier alpha value is -2.00. The predicted molar refractivity (Wildman–Crippen MR) is 115 cm³/mol. The Morgan fingerprint density at radius 1 is 1.24 bits per heavy atom. The number of rotatable bonds is 4. The van der Waals surface area contributed by atoms with Crippen LogP contribution < -0.4 is 0 Å². The van der Waals surface area contributed by atoms with Gasteiger partial charge in [0.15, 0.2) is 0 Å². The van der Waals surface area contributed by atoms with Crippen molar-refractivity contribution in [3.63, 3.8) is 0 Å². The molecule has 0 radical (unpaired) electrons. The van der Waals surface area contributed by atoms with Crippen LogP contribution in [-0.2, 0) is 10.0 Å². The van der Waals surface area contributed by atoms with Crippen molar-refractivity contribution in [1.29, 1.82) is 0 Å². The zero-order valence-corrected chi connectivity index (χ0v) is 18.4. The van der Waals surface area contributed by atoms with Gasteiger partial charge in [0.05, 0.1) is 9.90 Å². The first-order valence-corrected chi connectivity index (χ1v) is 11.8. The second-order valence-electron chi connectivity index (χ2n) is 7.18. The topological polar surface area (TPSA) is 70.6 Å². The average Bonchev–Trinajstić information content (AvgIpc) is 3.32. The van der Waals surface area contributed by atoms with Crippen LogP contribution in [0.25, 0.3) is 10.2 Å². The van der Waals surface area contributed by atoms with Gasteiger partial charge in [-0.2, -0.15) is 4.31 Å². The normalized spacial score (nSPS) is 17.7. The number of nitrogens with zero attached hydrogens (tertiary/aromatic N) is 3. The lowest BCUT2D eigenvalue weighted by atomic mass is 9.95. The van der Waals surface area contributed by atoms with Gasteiger partial charge in [-0.15, -0.1) is 11.3 Å². The van der Waals surface area contributed by atoms with Crippen molar-refractivity contribution in [1.82, 2.24) is 14.2 Å². The van der Waals surface area contributed by atoms with E-state index in [1.807, 2.05) is 12.1 Å². The van der Waals surface area contributed by atoms with E-state index in [-0.39, 0.29) is 21.7 Å². The number of halogens is 1. The van der Waals surface area contributed by atoms with E-state index in [4.69, 9.17) is 11.6 Å². The molecule has 1 saturated heterocycles. The van der Waals surface area contributed by atoms with Gasteiger partial charge < -0.3 is 4.90 Å². The molecule has 6 nitrogen and oxygen atoms in total. The van der Waals surface area contributed by atoms with Gasteiger partial charge in [0.1, 0.15) is 9.73 Å². The number of thiophene rings is 1. The smallest absolute Gasteiger partial charge is 0.263 e. The van der Waals surface area contributed by atoms with Crippen molar-refractivity contribution in [2.24, 2.45) is 0 Å². The van der Waals surface area contributed by atoms with Crippen LogP contribution in [0.3, 0.4) is 0 Å². The van der Waals surface area contributed by atoms with E-state index in [0.717, 1.165) is 15.8 Å². The lowest BCUT2D eigenvalue weighted by molar-refractivity contribution is 0.0831. The Bertz CT molecular complexity index is 1190. The first-order chi connectivity index (χ1) is 13.8. The third-order valence-corrected chi connectivity index (χ3v) is 8.60. The summed E-state index contributed by atoms with van der Waals surface area (Å²) in [5.74, 6) is -0.167. The molecule has 0 saturated carbocycles. The van der Waals surface area contributed by atoms with Gasteiger partial charge in [-0.3, -0.25) is 4.79 Å². The minimum Gasteiger partial charge on any atom is -0.344 e. The summed E-state index contributed by atoms with van der Waals surface area (Å²) in [6.45, 7) is 0.688. The summed E-state index contributed by atoms with van der Waals surface area (Å²) in [5, 5.41) is 1.13. The molecule has 1 amide bonds. The Balaban J connectivity index is 1.73. The van der Waals surface area contributed by atoms with Gasteiger partial charge in [-0.1, -0.05) is 29.8 Å². The SMILES string of the molecule is CN(C)C(=O)c1sc2ncccc2c1C1CCN(S(=O)(=O)c2ccccc2Cl)C1. The molecular formula is C20H20ClN3O3S2. The fourth-order valence-corrected chi connectivity index (χ4v) is 6.94. The van der Waals surface area contributed by atoms with E-state index in [0.29, 0.717) is 24.4 Å². The number of fused-ring (bicyclic) bond motifs is 1. The highest BCUT2D eigenvalue weighted by molar-refractivity contribution is 7.89. The molecule has 1 aliphatic rings. The molecule has 1 unspecified atom stereocenters. The number of sulfonamides is 1.